The number of rotatable bonds is 4. The number of hydrogen-bond donors (Lipinski definition) is 1. The number of carbonyl (C=O) groups excluding carboxylic acids is 1. The van der Waals surface area contributed by atoms with Crippen LogP contribution in [-0.2, 0) is 4.74 Å². The molecule has 1 aliphatic heterocycles. The number of piperidine rings is 1. The van der Waals surface area contributed by atoms with Crippen LogP contribution in [0.5, 0.6) is 0 Å². The van der Waals surface area contributed by atoms with E-state index >= 15 is 0 Å². The summed E-state index contributed by atoms with van der Waals surface area (Å²) in [4.78, 5) is 19.0. The van der Waals surface area contributed by atoms with Gasteiger partial charge in [0.1, 0.15) is 0 Å². The molecule has 5 heteroatoms. The van der Waals surface area contributed by atoms with Crippen LogP contribution in [0.3, 0.4) is 0 Å². The highest BCUT2D eigenvalue weighted by Crippen LogP contribution is 2.26. The Kier molecular flexibility index (Phi) is 4.83. The first-order valence-electron chi connectivity index (χ1n) is 7.54. The molecule has 0 saturated carbocycles. The molecule has 1 saturated heterocycles. The average Bonchev–Trinajstić information content (AvgIpc) is 2.47. The summed E-state index contributed by atoms with van der Waals surface area (Å²) in [6.07, 6.45) is 3.62. The van der Waals surface area contributed by atoms with E-state index in [-0.39, 0.29) is 11.5 Å². The number of aromatic nitrogens is 1. The van der Waals surface area contributed by atoms with Gasteiger partial charge in [-0.3, -0.25) is 9.78 Å². The number of pyridine rings is 1. The van der Waals surface area contributed by atoms with Gasteiger partial charge in [-0.1, -0.05) is 0 Å². The molecule has 5 nitrogen and oxygen atoms in total. The van der Waals surface area contributed by atoms with Gasteiger partial charge >= 0.3 is 0 Å². The number of hydrogen-bond acceptors (Lipinski definition) is 4. The van der Waals surface area contributed by atoms with Crippen LogP contribution in [0.2, 0.25) is 0 Å². The van der Waals surface area contributed by atoms with E-state index in [1.807, 2.05) is 24.8 Å². The first-order valence-corrected chi connectivity index (χ1v) is 7.54. The molecular weight excluding hydrogens is 266 g/mol. The van der Waals surface area contributed by atoms with Crippen molar-refractivity contribution in [1.29, 1.82) is 0 Å². The van der Waals surface area contributed by atoms with Crippen molar-refractivity contribution in [2.45, 2.75) is 39.2 Å². The van der Waals surface area contributed by atoms with Crippen molar-refractivity contribution >= 4 is 11.6 Å². The second-order valence-corrected chi connectivity index (χ2v) is 5.89. The van der Waals surface area contributed by atoms with Crippen LogP contribution in [0, 0.1) is 6.92 Å². The molecule has 0 aromatic carbocycles. The Morgan fingerprint density at radius 2 is 2.33 bits per heavy atom. The zero-order valence-corrected chi connectivity index (χ0v) is 13.4. The lowest BCUT2D eigenvalue weighted by atomic mass is 9.94. The molecule has 0 bridgehead atoms. The van der Waals surface area contributed by atoms with Crippen molar-refractivity contribution < 1.29 is 9.53 Å². The van der Waals surface area contributed by atoms with Crippen molar-refractivity contribution in [3.63, 3.8) is 0 Å². The summed E-state index contributed by atoms with van der Waals surface area (Å²) in [6.45, 7) is 8.19. The molecule has 0 aliphatic carbocycles. The van der Waals surface area contributed by atoms with Crippen LogP contribution in [0.25, 0.3) is 0 Å². The van der Waals surface area contributed by atoms with Gasteiger partial charge in [-0.25, -0.2) is 0 Å². The summed E-state index contributed by atoms with van der Waals surface area (Å²) in [5.41, 5.74) is 2.16. The summed E-state index contributed by atoms with van der Waals surface area (Å²) in [5, 5.41) is 3.25. The van der Waals surface area contributed by atoms with E-state index in [0.29, 0.717) is 12.1 Å². The predicted octanol–water partition coefficient (Wildman–Crippen LogP) is 2.46. The summed E-state index contributed by atoms with van der Waals surface area (Å²) in [6, 6.07) is 1.93. The Bertz CT molecular complexity index is 518. The van der Waals surface area contributed by atoms with Crippen molar-refractivity contribution in [3.05, 3.63) is 23.5 Å². The number of carbonyl (C=O) groups is 1. The van der Waals surface area contributed by atoms with E-state index in [0.717, 1.165) is 37.3 Å². The lowest BCUT2D eigenvalue weighted by Gasteiger charge is -2.39. The zero-order chi connectivity index (χ0) is 15.5. The number of likely N-dealkylation sites (tertiary alicyclic amines) is 1. The molecule has 21 heavy (non-hydrogen) atoms. The molecule has 1 atom stereocenters. The van der Waals surface area contributed by atoms with Gasteiger partial charge in [-0.05, 0) is 39.7 Å². The highest BCUT2D eigenvalue weighted by atomic mass is 16.5. The first kappa shape index (κ1) is 15.8. The number of nitrogens with one attached hydrogen (secondary N) is 1. The number of amides is 1. The largest absolute Gasteiger partial charge is 0.385 e. The number of aryl methyl sites for hydroxylation is 1. The number of nitrogens with zero attached hydrogens (tertiary/aromatic N) is 2. The van der Waals surface area contributed by atoms with Gasteiger partial charge in [0.25, 0.3) is 5.91 Å². The lowest BCUT2D eigenvalue weighted by molar-refractivity contribution is -0.0440. The average molecular weight is 291 g/mol. The lowest BCUT2D eigenvalue weighted by Crippen LogP contribution is -2.49. The van der Waals surface area contributed by atoms with Gasteiger partial charge in [0, 0.05) is 38.6 Å². The van der Waals surface area contributed by atoms with Crippen LogP contribution in [0.4, 0.5) is 5.69 Å². The van der Waals surface area contributed by atoms with Gasteiger partial charge in [-0.2, -0.15) is 0 Å². The van der Waals surface area contributed by atoms with Crippen LogP contribution in [0.15, 0.2) is 12.3 Å². The Morgan fingerprint density at radius 1 is 1.57 bits per heavy atom. The fraction of sp³-hybridized carbons (Fsp3) is 0.625. The Morgan fingerprint density at radius 3 is 3.00 bits per heavy atom. The number of ether oxygens (including phenoxy) is 1. The quantitative estimate of drug-likeness (QED) is 0.926. The van der Waals surface area contributed by atoms with Crippen LogP contribution < -0.4 is 5.32 Å². The Labute approximate surface area is 126 Å². The second-order valence-electron chi connectivity index (χ2n) is 5.89. The molecule has 1 unspecified atom stereocenters. The molecule has 2 rings (SSSR count). The van der Waals surface area contributed by atoms with Gasteiger partial charge in [0.15, 0.2) is 0 Å². The molecule has 0 spiro atoms. The van der Waals surface area contributed by atoms with Crippen LogP contribution >= 0.6 is 0 Å². The second kappa shape index (κ2) is 6.43. The summed E-state index contributed by atoms with van der Waals surface area (Å²) in [7, 11) is 1.71. The fourth-order valence-corrected chi connectivity index (χ4v) is 2.78. The SMILES string of the molecule is CCNc1cc(C)ncc1C(=O)N1CCCC(C)(OC)C1. The molecule has 1 amide bonds. The summed E-state index contributed by atoms with van der Waals surface area (Å²) >= 11 is 0. The van der Waals surface area contributed by atoms with E-state index in [4.69, 9.17) is 4.74 Å². The normalized spacial score (nSPS) is 22.2. The maximum absolute atomic E-state index is 12.8. The van der Waals surface area contributed by atoms with Crippen molar-refractivity contribution in [1.82, 2.24) is 9.88 Å². The predicted molar refractivity (Wildman–Crippen MR) is 83.7 cm³/mol. The standard InChI is InChI=1S/C16H25N3O2/c1-5-17-14-9-12(2)18-10-13(14)15(20)19-8-6-7-16(3,11-19)21-4/h9-10H,5-8,11H2,1-4H3,(H,17,18). The molecule has 1 aliphatic rings. The first-order chi connectivity index (χ1) is 9.99. The van der Waals surface area contributed by atoms with Crippen LogP contribution in [-0.4, -0.2) is 48.1 Å². The molecule has 1 aromatic heterocycles. The minimum Gasteiger partial charge on any atom is -0.385 e. The third-order valence-electron chi connectivity index (χ3n) is 4.08. The minimum atomic E-state index is -0.246. The molecular formula is C16H25N3O2. The van der Waals surface area contributed by atoms with Crippen molar-refractivity contribution in [2.24, 2.45) is 0 Å². The zero-order valence-electron chi connectivity index (χ0n) is 13.4. The topological polar surface area (TPSA) is 54.5 Å². The van der Waals surface area contributed by atoms with E-state index < -0.39 is 0 Å². The summed E-state index contributed by atoms with van der Waals surface area (Å²) < 4.78 is 5.57. The maximum atomic E-state index is 12.8. The highest BCUT2D eigenvalue weighted by Gasteiger charge is 2.34. The molecule has 0 radical (unpaired) electrons. The molecule has 1 fully saturated rings. The van der Waals surface area contributed by atoms with Gasteiger partial charge < -0.3 is 15.0 Å². The maximum Gasteiger partial charge on any atom is 0.257 e. The minimum absolute atomic E-state index is 0.0291. The van der Waals surface area contributed by atoms with Crippen molar-refractivity contribution in [3.8, 4) is 0 Å². The smallest absolute Gasteiger partial charge is 0.257 e. The summed E-state index contributed by atoms with van der Waals surface area (Å²) in [5.74, 6) is 0.0291. The Balaban J connectivity index is 2.23. The molecule has 2 heterocycles. The van der Waals surface area contributed by atoms with E-state index in [9.17, 15) is 4.79 Å². The van der Waals surface area contributed by atoms with E-state index in [1.54, 1.807) is 13.3 Å². The monoisotopic (exact) mass is 291 g/mol. The van der Waals surface area contributed by atoms with E-state index in [1.165, 1.54) is 0 Å². The van der Waals surface area contributed by atoms with Gasteiger partial charge in [-0.15, -0.1) is 0 Å². The Hall–Kier alpha value is -1.62. The molecule has 116 valence electrons. The number of methoxy groups -OCH3 is 1. The van der Waals surface area contributed by atoms with Gasteiger partial charge in [0.05, 0.1) is 16.9 Å². The van der Waals surface area contributed by atoms with Crippen LogP contribution in [0.1, 0.15) is 42.7 Å². The number of anilines is 1. The fourth-order valence-electron chi connectivity index (χ4n) is 2.78. The van der Waals surface area contributed by atoms with Crippen molar-refractivity contribution in [2.75, 3.05) is 32.1 Å². The molecule has 1 N–H and O–H groups in total. The molecule has 1 aromatic rings. The highest BCUT2D eigenvalue weighted by molar-refractivity contribution is 5.99. The van der Waals surface area contributed by atoms with Gasteiger partial charge in [0.2, 0.25) is 0 Å². The third kappa shape index (κ3) is 3.53. The van der Waals surface area contributed by atoms with E-state index in [2.05, 4.69) is 17.2 Å². The third-order valence-corrected chi connectivity index (χ3v) is 4.08.